The molecule has 2 amide bonds. The quantitative estimate of drug-likeness (QED) is 0.111. The number of alkyl halides is 3. The van der Waals surface area contributed by atoms with E-state index in [9.17, 15) is 22.8 Å². The van der Waals surface area contributed by atoms with Gasteiger partial charge in [-0.05, 0) is 62.2 Å². The summed E-state index contributed by atoms with van der Waals surface area (Å²) in [5.74, 6) is 0.132. The molecule has 4 aliphatic heterocycles. The number of carbonyl (C=O) groups excluding carboxylic acids is 2. The van der Waals surface area contributed by atoms with Crippen LogP contribution in [0.4, 0.5) is 30.2 Å². The van der Waals surface area contributed by atoms with Gasteiger partial charge in [-0.3, -0.25) is 14.5 Å². The molecule has 1 N–H and O–H groups in total. The Morgan fingerprint density at radius 1 is 0.772 bits per heavy atom. The third-order valence-corrected chi connectivity index (χ3v) is 11.2. The zero-order valence-electron chi connectivity index (χ0n) is 31.1. The number of ether oxygens (including phenoxy) is 3. The smallest absolute Gasteiger partial charge is 0.417 e. The summed E-state index contributed by atoms with van der Waals surface area (Å²) >= 11 is 0. The first-order valence-electron chi connectivity index (χ1n) is 19.1. The molecular weight excluding hydrogens is 741 g/mol. The second-order valence-corrected chi connectivity index (χ2v) is 14.5. The number of hydrogen-bond donors (Lipinski definition) is 1. The van der Waals surface area contributed by atoms with Gasteiger partial charge in [0.1, 0.15) is 22.6 Å². The van der Waals surface area contributed by atoms with Crippen molar-refractivity contribution in [2.24, 2.45) is 0 Å². The van der Waals surface area contributed by atoms with Crippen LogP contribution in [0, 0.1) is 0 Å². The lowest BCUT2D eigenvalue weighted by molar-refractivity contribution is -0.136. The van der Waals surface area contributed by atoms with E-state index in [1.165, 1.54) is 23.1 Å². The molecule has 2 fully saturated rings. The van der Waals surface area contributed by atoms with E-state index in [1.807, 2.05) is 43.3 Å². The summed E-state index contributed by atoms with van der Waals surface area (Å²) < 4.78 is 65.5. The first-order chi connectivity index (χ1) is 27.6. The minimum absolute atomic E-state index is 0.179. The maximum Gasteiger partial charge on any atom is 0.417 e. The van der Waals surface area contributed by atoms with Gasteiger partial charge in [0.2, 0.25) is 0 Å². The van der Waals surface area contributed by atoms with Crippen LogP contribution < -0.4 is 30.4 Å². The van der Waals surface area contributed by atoms with E-state index in [4.69, 9.17) is 18.6 Å². The monoisotopic (exact) mass is 780 g/mol. The van der Waals surface area contributed by atoms with Gasteiger partial charge in [-0.2, -0.15) is 13.2 Å². The van der Waals surface area contributed by atoms with Crippen LogP contribution in [0.3, 0.4) is 0 Å². The number of nitrogens with one attached hydrogen (secondary N) is 1. The highest BCUT2D eigenvalue weighted by Gasteiger charge is 2.57. The predicted octanol–water partition coefficient (Wildman–Crippen LogP) is 7.07. The first-order valence-corrected chi connectivity index (χ1v) is 19.1. The number of carbonyl (C=O) groups is 2. The van der Waals surface area contributed by atoms with Gasteiger partial charge in [-0.25, -0.2) is 4.79 Å². The number of nitrogens with zero attached hydrogens (tertiary/aromatic N) is 3. The van der Waals surface area contributed by atoms with Crippen molar-refractivity contribution in [2.75, 3.05) is 73.9 Å². The molecule has 14 heteroatoms. The molecule has 294 valence electrons. The SMILES string of the molecule is CCOCCOCCNC(=O)c1ccc2c(c1)C1(c3ccc(N4CCC4)cc3Oc3cc(N4CCC4)ccc31)N(c1ccc3c(C(F)(F)F)cc(=O)oc3c1)C2=O. The van der Waals surface area contributed by atoms with Crippen LogP contribution in [0.25, 0.3) is 11.0 Å². The zero-order valence-corrected chi connectivity index (χ0v) is 31.1. The highest BCUT2D eigenvalue weighted by molar-refractivity contribution is 6.15. The van der Waals surface area contributed by atoms with E-state index < -0.39 is 28.8 Å². The summed E-state index contributed by atoms with van der Waals surface area (Å²) in [5, 5.41) is 2.58. The molecule has 2 saturated heterocycles. The van der Waals surface area contributed by atoms with Gasteiger partial charge in [0.05, 0.1) is 25.4 Å². The number of amides is 2. The predicted molar refractivity (Wildman–Crippen MR) is 207 cm³/mol. The molecule has 0 saturated carbocycles. The minimum atomic E-state index is -4.83. The molecule has 0 radical (unpaired) electrons. The second-order valence-electron chi connectivity index (χ2n) is 14.5. The summed E-state index contributed by atoms with van der Waals surface area (Å²) in [6.07, 6.45) is -2.72. The molecule has 0 unspecified atom stereocenters. The van der Waals surface area contributed by atoms with E-state index in [0.29, 0.717) is 59.6 Å². The average Bonchev–Trinajstić information content (AvgIpc) is 3.39. The van der Waals surface area contributed by atoms with Crippen LogP contribution in [-0.4, -0.2) is 71.0 Å². The number of benzene rings is 4. The maximum atomic E-state index is 15.0. The summed E-state index contributed by atoms with van der Waals surface area (Å²) in [4.78, 5) is 47.3. The Bertz CT molecular complexity index is 2410. The molecule has 5 heterocycles. The fourth-order valence-electron chi connectivity index (χ4n) is 8.23. The normalized spacial score (nSPS) is 16.5. The molecule has 1 spiro atoms. The van der Waals surface area contributed by atoms with Gasteiger partial charge in [0, 0.05) is 114 Å². The number of rotatable bonds is 11. The molecular formula is C43H39F3N4O7. The van der Waals surface area contributed by atoms with Gasteiger partial charge in [0.25, 0.3) is 11.8 Å². The first kappa shape index (κ1) is 36.8. The summed E-state index contributed by atoms with van der Waals surface area (Å²) in [6, 6.07) is 20.9. The fraction of sp³-hybridized carbons (Fsp3) is 0.326. The molecule has 4 aromatic carbocycles. The van der Waals surface area contributed by atoms with E-state index in [2.05, 4.69) is 15.1 Å². The Labute approximate surface area is 325 Å². The van der Waals surface area contributed by atoms with Crippen LogP contribution >= 0.6 is 0 Å². The molecule has 0 aliphatic carbocycles. The second kappa shape index (κ2) is 14.3. The lowest BCUT2D eigenvalue weighted by atomic mass is 9.74. The molecule has 11 nitrogen and oxygen atoms in total. The van der Waals surface area contributed by atoms with Crippen molar-refractivity contribution < 1.29 is 41.4 Å². The van der Waals surface area contributed by atoms with Crippen LogP contribution in [0.1, 0.15) is 62.7 Å². The highest BCUT2D eigenvalue weighted by Crippen LogP contribution is 2.60. The number of fused-ring (bicyclic) bond motifs is 7. The maximum absolute atomic E-state index is 15.0. The Kier molecular flexibility index (Phi) is 9.20. The highest BCUT2D eigenvalue weighted by atomic mass is 19.4. The van der Waals surface area contributed by atoms with E-state index in [-0.39, 0.29) is 41.3 Å². The van der Waals surface area contributed by atoms with Crippen LogP contribution in [0.2, 0.25) is 0 Å². The lowest BCUT2D eigenvalue weighted by Gasteiger charge is -2.45. The molecule has 9 rings (SSSR count). The summed E-state index contributed by atoms with van der Waals surface area (Å²) in [5.41, 5.74) is 0.184. The molecule has 5 aromatic rings. The largest absolute Gasteiger partial charge is 0.456 e. The van der Waals surface area contributed by atoms with Crippen molar-refractivity contribution in [3.05, 3.63) is 123 Å². The van der Waals surface area contributed by atoms with Crippen molar-refractivity contribution in [1.29, 1.82) is 0 Å². The molecule has 1 aromatic heterocycles. The lowest BCUT2D eigenvalue weighted by Crippen LogP contribution is -2.48. The third kappa shape index (κ3) is 6.18. The summed E-state index contributed by atoms with van der Waals surface area (Å²) in [6.45, 7) is 7.33. The van der Waals surface area contributed by atoms with Crippen molar-refractivity contribution in [3.63, 3.8) is 0 Å². The Balaban J connectivity index is 1.23. The van der Waals surface area contributed by atoms with Crippen LogP contribution in [-0.2, 0) is 21.2 Å². The Morgan fingerprint density at radius 2 is 1.42 bits per heavy atom. The Hall–Kier alpha value is -5.86. The number of hydrogen-bond acceptors (Lipinski definition) is 9. The van der Waals surface area contributed by atoms with E-state index >= 15 is 4.79 Å². The molecule has 57 heavy (non-hydrogen) atoms. The van der Waals surface area contributed by atoms with Gasteiger partial charge in [-0.15, -0.1) is 0 Å². The van der Waals surface area contributed by atoms with Crippen molar-refractivity contribution in [3.8, 4) is 11.5 Å². The third-order valence-electron chi connectivity index (χ3n) is 11.2. The number of anilines is 3. The molecule has 0 atom stereocenters. The minimum Gasteiger partial charge on any atom is -0.456 e. The van der Waals surface area contributed by atoms with Crippen LogP contribution in [0.15, 0.2) is 88.1 Å². The topological polar surface area (TPSA) is 114 Å². The van der Waals surface area contributed by atoms with E-state index in [1.54, 1.807) is 18.2 Å². The zero-order chi connectivity index (χ0) is 39.5. The standard InChI is InChI=1S/C43H39F3N4O7/c1-2-54-19-20-55-18-13-47-40(52)26-5-9-31-34(21-26)42(50(41(31)53)29-6-10-30-35(43(44,45)46)25-39(51)57-36(30)24-29)32-11-7-27(48-14-3-15-48)22-37(32)56-38-23-28(8-12-33(38)42)49-16-4-17-49/h5-12,21-25H,2-4,13-20H2,1H3,(H,47,52). The van der Waals surface area contributed by atoms with Gasteiger partial charge >= 0.3 is 11.8 Å². The van der Waals surface area contributed by atoms with Gasteiger partial charge in [0.15, 0.2) is 0 Å². The van der Waals surface area contributed by atoms with Gasteiger partial charge in [-0.1, -0.05) is 12.1 Å². The van der Waals surface area contributed by atoms with Gasteiger partial charge < -0.3 is 33.7 Å². The summed E-state index contributed by atoms with van der Waals surface area (Å²) in [7, 11) is 0. The van der Waals surface area contributed by atoms with Crippen molar-refractivity contribution in [1.82, 2.24) is 5.32 Å². The van der Waals surface area contributed by atoms with Crippen LogP contribution in [0.5, 0.6) is 11.5 Å². The average molecular weight is 781 g/mol. The molecule has 4 aliphatic rings. The fourth-order valence-corrected chi connectivity index (χ4v) is 8.23. The van der Waals surface area contributed by atoms with Crippen molar-refractivity contribution in [2.45, 2.75) is 31.5 Å². The molecule has 0 bridgehead atoms. The van der Waals surface area contributed by atoms with E-state index in [0.717, 1.165) is 50.4 Å². The Morgan fingerprint density at radius 3 is 2.04 bits per heavy atom. The number of halogens is 3. The van der Waals surface area contributed by atoms with Crippen molar-refractivity contribution >= 4 is 39.8 Å².